The number of phenolic OH excluding ortho intramolecular Hbond substituents is 2. The van der Waals surface area contributed by atoms with E-state index >= 15 is 0 Å². The molecule has 0 aliphatic rings. The van der Waals surface area contributed by atoms with E-state index in [0.717, 1.165) is 19.3 Å². The fraction of sp³-hybridized carbons (Fsp3) is 0.235. The molecule has 21 heavy (non-hydrogen) atoms. The predicted octanol–water partition coefficient (Wildman–Crippen LogP) is 3.28. The van der Waals surface area contributed by atoms with Gasteiger partial charge in [-0.05, 0) is 43.0 Å². The Kier molecular flexibility index (Phi) is 5.21. The summed E-state index contributed by atoms with van der Waals surface area (Å²) in [6.07, 6.45) is 2.61. The quantitative estimate of drug-likeness (QED) is 0.486. The first-order valence-electron chi connectivity index (χ1n) is 6.90. The fourth-order valence-corrected chi connectivity index (χ4v) is 2.01. The summed E-state index contributed by atoms with van der Waals surface area (Å²) in [5.41, 5.74) is 1.24. The zero-order chi connectivity index (χ0) is 15.1. The largest absolute Gasteiger partial charge is 0.508 e. The average Bonchev–Trinajstić information content (AvgIpc) is 2.50. The maximum Gasteiger partial charge on any atom is 0.342 e. The Morgan fingerprint density at radius 1 is 1.00 bits per heavy atom. The van der Waals surface area contributed by atoms with Crippen LogP contribution in [0.15, 0.2) is 48.5 Å². The second kappa shape index (κ2) is 7.33. The zero-order valence-corrected chi connectivity index (χ0v) is 11.7. The van der Waals surface area contributed by atoms with Crippen molar-refractivity contribution in [2.75, 3.05) is 6.61 Å². The van der Waals surface area contributed by atoms with Gasteiger partial charge in [-0.2, -0.15) is 0 Å². The number of ether oxygens (including phenoxy) is 1. The number of aromatic hydroxyl groups is 2. The van der Waals surface area contributed by atoms with E-state index in [1.807, 2.05) is 18.2 Å². The van der Waals surface area contributed by atoms with Crippen LogP contribution < -0.4 is 0 Å². The molecular weight excluding hydrogens is 268 g/mol. The Morgan fingerprint density at radius 3 is 2.52 bits per heavy atom. The molecule has 0 bridgehead atoms. The zero-order valence-electron chi connectivity index (χ0n) is 11.7. The molecule has 110 valence electrons. The Morgan fingerprint density at radius 2 is 1.76 bits per heavy atom. The van der Waals surface area contributed by atoms with Crippen LogP contribution in [0.2, 0.25) is 0 Å². The predicted molar refractivity (Wildman–Crippen MR) is 79.4 cm³/mol. The van der Waals surface area contributed by atoms with Crippen LogP contribution in [0.1, 0.15) is 28.8 Å². The summed E-state index contributed by atoms with van der Waals surface area (Å²) in [4.78, 5) is 11.8. The molecule has 4 heteroatoms. The summed E-state index contributed by atoms with van der Waals surface area (Å²) in [6.45, 7) is 0.292. The number of unbranched alkanes of at least 4 members (excludes halogenated alkanes) is 1. The highest BCUT2D eigenvalue weighted by atomic mass is 16.5. The van der Waals surface area contributed by atoms with Crippen molar-refractivity contribution in [3.63, 3.8) is 0 Å². The van der Waals surface area contributed by atoms with E-state index in [0.29, 0.717) is 6.61 Å². The van der Waals surface area contributed by atoms with E-state index in [1.54, 1.807) is 0 Å². The van der Waals surface area contributed by atoms with Crippen molar-refractivity contribution in [3.8, 4) is 11.5 Å². The minimum atomic E-state index is -0.622. The Labute approximate surface area is 123 Å². The monoisotopic (exact) mass is 286 g/mol. The minimum absolute atomic E-state index is 0.0157. The van der Waals surface area contributed by atoms with Crippen molar-refractivity contribution in [1.82, 2.24) is 0 Å². The van der Waals surface area contributed by atoms with Gasteiger partial charge in [0, 0.05) is 0 Å². The van der Waals surface area contributed by atoms with E-state index in [1.165, 1.54) is 23.8 Å². The van der Waals surface area contributed by atoms with Crippen molar-refractivity contribution in [2.45, 2.75) is 19.3 Å². The maximum absolute atomic E-state index is 11.8. The minimum Gasteiger partial charge on any atom is -0.508 e. The number of rotatable bonds is 6. The lowest BCUT2D eigenvalue weighted by Crippen LogP contribution is -2.07. The van der Waals surface area contributed by atoms with Crippen molar-refractivity contribution >= 4 is 5.97 Å². The Hall–Kier alpha value is -2.49. The van der Waals surface area contributed by atoms with Gasteiger partial charge in [-0.25, -0.2) is 4.79 Å². The van der Waals surface area contributed by atoms with Gasteiger partial charge in [-0.3, -0.25) is 0 Å². The van der Waals surface area contributed by atoms with Gasteiger partial charge in [-0.15, -0.1) is 0 Å². The first-order valence-corrected chi connectivity index (χ1v) is 6.90. The molecule has 0 heterocycles. The highest BCUT2D eigenvalue weighted by Crippen LogP contribution is 2.22. The van der Waals surface area contributed by atoms with Crippen molar-refractivity contribution in [2.24, 2.45) is 0 Å². The molecular formula is C17H18O4. The lowest BCUT2D eigenvalue weighted by atomic mass is 10.1. The Balaban J connectivity index is 1.73. The molecule has 0 fully saturated rings. The van der Waals surface area contributed by atoms with E-state index < -0.39 is 5.97 Å². The van der Waals surface area contributed by atoms with E-state index in [-0.39, 0.29) is 17.1 Å². The highest BCUT2D eigenvalue weighted by molar-refractivity contribution is 5.92. The van der Waals surface area contributed by atoms with Crippen LogP contribution in [0.3, 0.4) is 0 Å². The third-order valence-corrected chi connectivity index (χ3v) is 3.14. The van der Waals surface area contributed by atoms with Crippen molar-refractivity contribution < 1.29 is 19.7 Å². The molecule has 0 aromatic heterocycles. The molecule has 2 rings (SSSR count). The molecule has 2 N–H and O–H groups in total. The first-order chi connectivity index (χ1) is 10.2. The SMILES string of the molecule is O=C(OCCCCc1ccccc1)c1cc(O)ccc1O. The van der Waals surface area contributed by atoms with Crippen LogP contribution in [0.4, 0.5) is 0 Å². The number of aryl methyl sites for hydroxylation is 1. The van der Waals surface area contributed by atoms with Gasteiger partial charge in [0.25, 0.3) is 0 Å². The molecule has 0 aliphatic heterocycles. The maximum atomic E-state index is 11.8. The number of hydrogen-bond donors (Lipinski definition) is 2. The molecule has 0 aliphatic carbocycles. The average molecular weight is 286 g/mol. The van der Waals surface area contributed by atoms with Crippen LogP contribution in [-0.2, 0) is 11.2 Å². The van der Waals surface area contributed by atoms with Gasteiger partial charge in [0.1, 0.15) is 17.1 Å². The first kappa shape index (κ1) is 14.9. The summed E-state index contributed by atoms with van der Waals surface area (Å²) in [5.74, 6) is -0.894. The van der Waals surface area contributed by atoms with E-state index in [4.69, 9.17) is 4.74 Å². The Bertz CT molecular complexity index is 593. The molecule has 2 aromatic carbocycles. The lowest BCUT2D eigenvalue weighted by molar-refractivity contribution is 0.0494. The summed E-state index contributed by atoms with van der Waals surface area (Å²) < 4.78 is 5.09. The van der Waals surface area contributed by atoms with Gasteiger partial charge in [0.05, 0.1) is 6.61 Å². The topological polar surface area (TPSA) is 66.8 Å². The molecule has 0 unspecified atom stereocenters. The molecule has 0 amide bonds. The van der Waals surface area contributed by atoms with Gasteiger partial charge < -0.3 is 14.9 Å². The van der Waals surface area contributed by atoms with E-state index in [9.17, 15) is 15.0 Å². The number of esters is 1. The number of phenols is 2. The smallest absolute Gasteiger partial charge is 0.342 e. The fourth-order valence-electron chi connectivity index (χ4n) is 2.01. The number of carbonyl (C=O) groups is 1. The number of hydrogen-bond acceptors (Lipinski definition) is 4. The van der Waals surface area contributed by atoms with Gasteiger partial charge in [-0.1, -0.05) is 30.3 Å². The summed E-state index contributed by atoms with van der Waals surface area (Å²) >= 11 is 0. The van der Waals surface area contributed by atoms with Crippen molar-refractivity contribution in [1.29, 1.82) is 0 Å². The van der Waals surface area contributed by atoms with Gasteiger partial charge >= 0.3 is 5.97 Å². The molecule has 0 radical (unpaired) electrons. The standard InChI is InChI=1S/C17H18O4/c18-14-9-10-16(19)15(12-14)17(20)21-11-5-4-8-13-6-2-1-3-7-13/h1-3,6-7,9-10,12,18-19H,4-5,8,11H2. The summed E-state index contributed by atoms with van der Waals surface area (Å²) in [5, 5.41) is 18.8. The molecule has 4 nitrogen and oxygen atoms in total. The summed E-state index contributed by atoms with van der Waals surface area (Å²) in [7, 11) is 0. The third kappa shape index (κ3) is 4.53. The van der Waals surface area contributed by atoms with Crippen LogP contribution in [0.5, 0.6) is 11.5 Å². The lowest BCUT2D eigenvalue weighted by Gasteiger charge is -2.07. The second-order valence-electron chi connectivity index (χ2n) is 4.78. The molecule has 2 aromatic rings. The second-order valence-corrected chi connectivity index (χ2v) is 4.78. The third-order valence-electron chi connectivity index (χ3n) is 3.14. The molecule has 0 saturated heterocycles. The van der Waals surface area contributed by atoms with Crippen LogP contribution in [-0.4, -0.2) is 22.8 Å². The van der Waals surface area contributed by atoms with Crippen LogP contribution in [0.25, 0.3) is 0 Å². The molecule has 0 atom stereocenters. The van der Waals surface area contributed by atoms with Gasteiger partial charge in [0.15, 0.2) is 0 Å². The molecule has 0 saturated carbocycles. The number of carbonyl (C=O) groups excluding carboxylic acids is 1. The van der Waals surface area contributed by atoms with Crippen LogP contribution >= 0.6 is 0 Å². The normalized spacial score (nSPS) is 10.3. The molecule has 0 spiro atoms. The highest BCUT2D eigenvalue weighted by Gasteiger charge is 2.13. The van der Waals surface area contributed by atoms with E-state index in [2.05, 4.69) is 12.1 Å². The number of benzene rings is 2. The van der Waals surface area contributed by atoms with Crippen molar-refractivity contribution in [3.05, 3.63) is 59.7 Å². The summed E-state index contributed by atoms with van der Waals surface area (Å²) in [6, 6.07) is 13.9. The van der Waals surface area contributed by atoms with Crippen LogP contribution in [0, 0.1) is 0 Å². The van der Waals surface area contributed by atoms with Gasteiger partial charge in [0.2, 0.25) is 0 Å².